The van der Waals surface area contributed by atoms with Gasteiger partial charge in [0, 0.05) is 29.7 Å². The number of aryl methyl sites for hydroxylation is 2. The van der Waals surface area contributed by atoms with E-state index in [1.54, 1.807) is 6.20 Å². The second-order valence-corrected chi connectivity index (χ2v) is 5.95. The monoisotopic (exact) mass is 314 g/mol. The van der Waals surface area contributed by atoms with Crippen LogP contribution in [0.3, 0.4) is 0 Å². The van der Waals surface area contributed by atoms with E-state index in [-0.39, 0.29) is 0 Å². The number of imidazole rings is 1. The highest BCUT2D eigenvalue weighted by Gasteiger charge is 2.17. The van der Waals surface area contributed by atoms with Gasteiger partial charge in [0.15, 0.2) is 0 Å². The molecule has 0 fully saturated rings. The molecule has 0 atom stereocenters. The summed E-state index contributed by atoms with van der Waals surface area (Å²) in [6.45, 7) is 1.96. The van der Waals surface area contributed by atoms with Gasteiger partial charge in [0.1, 0.15) is 11.4 Å². The van der Waals surface area contributed by atoms with E-state index in [1.165, 1.54) is 0 Å². The minimum absolute atomic E-state index is 0.665. The van der Waals surface area contributed by atoms with Gasteiger partial charge in [-0.05, 0) is 31.2 Å². The topological polar surface area (TPSA) is 56.7 Å². The average molecular weight is 314 g/mol. The van der Waals surface area contributed by atoms with E-state index in [0.717, 1.165) is 44.5 Å². The van der Waals surface area contributed by atoms with Gasteiger partial charge < -0.3 is 8.98 Å². The first-order valence-corrected chi connectivity index (χ1v) is 7.78. The summed E-state index contributed by atoms with van der Waals surface area (Å²) in [6, 6.07) is 12.1. The molecule has 4 heterocycles. The number of hydrogen-bond donors (Lipinski definition) is 0. The smallest absolute Gasteiger partial charge is 0.227 e. The predicted octanol–water partition coefficient (Wildman–Crippen LogP) is 4.24. The lowest BCUT2D eigenvalue weighted by molar-refractivity contribution is 0.653. The molecule has 5 rings (SSSR count). The van der Waals surface area contributed by atoms with Gasteiger partial charge in [-0.1, -0.05) is 12.1 Å². The zero-order valence-electron chi connectivity index (χ0n) is 13.3. The van der Waals surface area contributed by atoms with Crippen LogP contribution in [0.4, 0.5) is 0 Å². The van der Waals surface area contributed by atoms with Gasteiger partial charge in [-0.2, -0.15) is 0 Å². The van der Waals surface area contributed by atoms with Crippen LogP contribution < -0.4 is 0 Å². The summed E-state index contributed by atoms with van der Waals surface area (Å²) in [7, 11) is 2.00. The van der Waals surface area contributed by atoms with Crippen molar-refractivity contribution in [2.45, 2.75) is 6.92 Å². The molecule has 0 saturated heterocycles. The molecule has 0 saturated carbocycles. The van der Waals surface area contributed by atoms with Crippen LogP contribution in [0.1, 0.15) is 5.69 Å². The molecule has 0 aliphatic rings. The maximum Gasteiger partial charge on any atom is 0.227 e. The van der Waals surface area contributed by atoms with Gasteiger partial charge in [-0.3, -0.25) is 4.98 Å². The molecular formula is C19H14N4O. The second kappa shape index (κ2) is 4.64. The first kappa shape index (κ1) is 13.2. The van der Waals surface area contributed by atoms with Crippen LogP contribution in [0.25, 0.3) is 44.5 Å². The summed E-state index contributed by atoms with van der Waals surface area (Å²) < 4.78 is 8.13. The van der Waals surface area contributed by atoms with Crippen molar-refractivity contribution < 1.29 is 4.42 Å². The summed E-state index contributed by atoms with van der Waals surface area (Å²) in [5.41, 5.74) is 5.30. The largest absolute Gasteiger partial charge is 0.437 e. The number of para-hydroxylation sites is 1. The summed E-state index contributed by atoms with van der Waals surface area (Å²) >= 11 is 0. The maximum absolute atomic E-state index is 6.09. The van der Waals surface area contributed by atoms with Crippen molar-refractivity contribution in [2.24, 2.45) is 7.05 Å². The number of furan rings is 1. The number of hydrogen-bond acceptors (Lipinski definition) is 4. The van der Waals surface area contributed by atoms with E-state index in [2.05, 4.69) is 22.1 Å². The van der Waals surface area contributed by atoms with Crippen molar-refractivity contribution in [3.8, 4) is 11.4 Å². The zero-order valence-corrected chi connectivity index (χ0v) is 13.3. The molecule has 0 amide bonds. The van der Waals surface area contributed by atoms with Gasteiger partial charge in [0.25, 0.3) is 0 Å². The third kappa shape index (κ3) is 1.72. The van der Waals surface area contributed by atoms with Gasteiger partial charge in [-0.15, -0.1) is 0 Å². The third-order valence-corrected chi connectivity index (χ3v) is 4.43. The van der Waals surface area contributed by atoms with Crippen molar-refractivity contribution in [2.75, 3.05) is 0 Å². The van der Waals surface area contributed by atoms with Crippen LogP contribution in [0, 0.1) is 6.92 Å². The highest BCUT2D eigenvalue weighted by atomic mass is 16.3. The maximum atomic E-state index is 6.09. The van der Waals surface area contributed by atoms with E-state index in [0.29, 0.717) is 5.71 Å². The molecule has 0 aliphatic carbocycles. The SMILES string of the molecule is Cc1ccc2c(n1)oc1c(-c3nc4ccncc4n3C)cccc12. The summed E-state index contributed by atoms with van der Waals surface area (Å²) in [4.78, 5) is 13.5. The fourth-order valence-corrected chi connectivity index (χ4v) is 3.22. The van der Waals surface area contributed by atoms with Crippen LogP contribution in [0.15, 0.2) is 53.2 Å². The second-order valence-electron chi connectivity index (χ2n) is 5.95. The number of fused-ring (bicyclic) bond motifs is 4. The molecule has 0 spiro atoms. The molecule has 0 radical (unpaired) electrons. The minimum atomic E-state index is 0.665. The standard InChI is InChI=1S/C19H14N4O/c1-11-6-7-13-12-4-3-5-14(17(12)24-19(13)21-11)18-22-15-8-9-20-10-16(15)23(18)2/h3-10H,1-2H3. The van der Waals surface area contributed by atoms with Gasteiger partial charge >= 0.3 is 0 Å². The quantitative estimate of drug-likeness (QED) is 0.464. The minimum Gasteiger partial charge on any atom is -0.437 e. The Labute approximate surface area is 137 Å². The molecular weight excluding hydrogens is 300 g/mol. The highest BCUT2D eigenvalue weighted by Crippen LogP contribution is 2.35. The molecule has 116 valence electrons. The Morgan fingerprint density at radius 2 is 1.92 bits per heavy atom. The highest BCUT2D eigenvalue weighted by molar-refractivity contribution is 6.08. The Bertz CT molecular complexity index is 1230. The summed E-state index contributed by atoms with van der Waals surface area (Å²) in [5, 5.41) is 2.08. The van der Waals surface area contributed by atoms with Crippen LogP contribution in [0.2, 0.25) is 0 Å². The van der Waals surface area contributed by atoms with E-state index < -0.39 is 0 Å². The first-order valence-electron chi connectivity index (χ1n) is 7.78. The van der Waals surface area contributed by atoms with Crippen molar-refractivity contribution in [3.63, 3.8) is 0 Å². The lowest BCUT2D eigenvalue weighted by Gasteiger charge is -2.03. The fraction of sp³-hybridized carbons (Fsp3) is 0.105. The molecule has 24 heavy (non-hydrogen) atoms. The van der Waals surface area contributed by atoms with Gasteiger partial charge in [0.05, 0.1) is 22.8 Å². The molecule has 0 bridgehead atoms. The lowest BCUT2D eigenvalue weighted by atomic mass is 10.1. The van der Waals surface area contributed by atoms with Gasteiger partial charge in [0.2, 0.25) is 5.71 Å². The van der Waals surface area contributed by atoms with Crippen molar-refractivity contribution in [1.29, 1.82) is 0 Å². The zero-order chi connectivity index (χ0) is 16.3. The van der Waals surface area contributed by atoms with Crippen LogP contribution in [-0.2, 0) is 7.05 Å². The molecule has 5 nitrogen and oxygen atoms in total. The van der Waals surface area contributed by atoms with Crippen LogP contribution in [-0.4, -0.2) is 19.5 Å². The van der Waals surface area contributed by atoms with E-state index in [4.69, 9.17) is 9.40 Å². The molecule has 0 aliphatic heterocycles. The van der Waals surface area contributed by atoms with Crippen LogP contribution in [0.5, 0.6) is 0 Å². The van der Waals surface area contributed by atoms with E-state index >= 15 is 0 Å². The first-order chi connectivity index (χ1) is 11.7. The number of pyridine rings is 2. The Morgan fingerprint density at radius 3 is 2.79 bits per heavy atom. The average Bonchev–Trinajstić information content (AvgIpc) is 3.12. The van der Waals surface area contributed by atoms with Crippen molar-refractivity contribution >= 4 is 33.1 Å². The predicted molar refractivity (Wildman–Crippen MR) is 93.8 cm³/mol. The number of benzene rings is 1. The Balaban J connectivity index is 1.88. The third-order valence-electron chi connectivity index (χ3n) is 4.43. The molecule has 5 heteroatoms. The Hall–Kier alpha value is -3.21. The molecule has 4 aromatic heterocycles. The van der Waals surface area contributed by atoms with E-state index in [9.17, 15) is 0 Å². The number of aromatic nitrogens is 4. The van der Waals surface area contributed by atoms with Gasteiger partial charge in [-0.25, -0.2) is 9.97 Å². The number of rotatable bonds is 1. The summed E-state index contributed by atoms with van der Waals surface area (Å²) in [6.07, 6.45) is 3.59. The fourth-order valence-electron chi connectivity index (χ4n) is 3.22. The Kier molecular flexibility index (Phi) is 2.56. The van der Waals surface area contributed by atoms with Crippen molar-refractivity contribution in [3.05, 3.63) is 54.5 Å². The Morgan fingerprint density at radius 1 is 1.00 bits per heavy atom. The molecule has 1 aromatic carbocycles. The van der Waals surface area contributed by atoms with Crippen LogP contribution >= 0.6 is 0 Å². The van der Waals surface area contributed by atoms with Crippen molar-refractivity contribution in [1.82, 2.24) is 19.5 Å². The van der Waals surface area contributed by atoms with E-state index in [1.807, 2.05) is 49.0 Å². The molecule has 0 unspecified atom stereocenters. The number of nitrogens with zero attached hydrogens (tertiary/aromatic N) is 4. The lowest BCUT2D eigenvalue weighted by Crippen LogP contribution is -1.92. The normalized spacial score (nSPS) is 11.8. The molecule has 5 aromatic rings. The molecule has 0 N–H and O–H groups in total. The summed E-state index contributed by atoms with van der Waals surface area (Å²) in [5.74, 6) is 0.861.